The molecular weight excluding hydrogens is 222 g/mol. The number of allylic oxidation sites excluding steroid dienone is 1. The van der Waals surface area contributed by atoms with E-state index in [2.05, 4.69) is 24.9 Å². The summed E-state index contributed by atoms with van der Waals surface area (Å²) in [7, 11) is 0. The topological polar surface area (TPSA) is 41.6 Å². The molecule has 0 saturated carbocycles. The molecule has 2 rings (SSSR count). The average molecular weight is 236 g/mol. The Kier molecular flexibility index (Phi) is 2.99. The molecule has 3 nitrogen and oxygen atoms in total. The van der Waals surface area contributed by atoms with Crippen LogP contribution in [0.5, 0.6) is 0 Å². The number of aryl methyl sites for hydroxylation is 1. The highest BCUT2D eigenvalue weighted by Gasteiger charge is 2.19. The molecule has 1 heterocycles. The summed E-state index contributed by atoms with van der Waals surface area (Å²) in [5.41, 5.74) is 10.2. The van der Waals surface area contributed by atoms with Crippen LogP contribution in [0.4, 0.5) is 0 Å². The molecule has 0 amide bonds. The smallest absolute Gasteiger partial charge is 0.187 e. The normalized spacial score (nSPS) is 19.9. The number of hydrogen-bond acceptors (Lipinski definition) is 3. The molecule has 0 radical (unpaired) electrons. The Bertz CT molecular complexity index is 465. The lowest BCUT2D eigenvalue weighted by atomic mass is 10.0. The van der Waals surface area contributed by atoms with Gasteiger partial charge in [0.1, 0.15) is 0 Å². The van der Waals surface area contributed by atoms with E-state index >= 15 is 0 Å². The van der Waals surface area contributed by atoms with E-state index in [9.17, 15) is 0 Å². The molecule has 0 aliphatic carbocycles. The molecule has 84 valence electrons. The quantitative estimate of drug-likeness (QED) is 0.760. The second-order valence-corrected chi connectivity index (χ2v) is 4.19. The Hall–Kier alpha value is -1.32. The number of hydrogen-bond donors (Lipinski definition) is 1. The van der Waals surface area contributed by atoms with Gasteiger partial charge in [0.25, 0.3) is 0 Å². The van der Waals surface area contributed by atoms with Crippen LogP contribution in [0.1, 0.15) is 16.7 Å². The van der Waals surface area contributed by atoms with Gasteiger partial charge in [-0.2, -0.15) is 0 Å². The van der Waals surface area contributed by atoms with Gasteiger partial charge in [0.05, 0.1) is 5.70 Å². The highest BCUT2D eigenvalue weighted by molar-refractivity contribution is 6.18. The lowest BCUT2D eigenvalue weighted by Crippen LogP contribution is -2.34. The monoisotopic (exact) mass is 235 g/mol. The van der Waals surface area contributed by atoms with Gasteiger partial charge in [0, 0.05) is 23.6 Å². The zero-order valence-electron chi connectivity index (χ0n) is 9.31. The minimum Gasteiger partial charge on any atom is -0.291 e. The van der Waals surface area contributed by atoms with Crippen molar-refractivity contribution in [1.82, 2.24) is 4.42 Å². The lowest BCUT2D eigenvalue weighted by molar-refractivity contribution is 0.472. The number of benzene rings is 1. The van der Waals surface area contributed by atoms with Crippen molar-refractivity contribution in [3.8, 4) is 0 Å². The van der Waals surface area contributed by atoms with Crippen LogP contribution in [0.3, 0.4) is 0 Å². The van der Waals surface area contributed by atoms with Gasteiger partial charge < -0.3 is 0 Å². The summed E-state index contributed by atoms with van der Waals surface area (Å²) in [6.45, 7) is 4.16. The summed E-state index contributed by atoms with van der Waals surface area (Å²) in [5, 5.41) is 0. The number of rotatable bonds is 1. The van der Waals surface area contributed by atoms with Crippen LogP contribution in [0.2, 0.25) is 0 Å². The molecule has 1 aliphatic rings. The molecule has 0 saturated heterocycles. The molecule has 2 N–H and O–H groups in total. The van der Waals surface area contributed by atoms with Crippen LogP contribution in [0.15, 0.2) is 29.3 Å². The van der Waals surface area contributed by atoms with E-state index in [1.54, 1.807) is 6.21 Å². The first kappa shape index (κ1) is 11.2. The molecule has 0 aromatic heterocycles. The van der Waals surface area contributed by atoms with Crippen molar-refractivity contribution in [3.05, 3.63) is 41.0 Å². The number of nitrogens with two attached hydrogens (primary N) is 1. The van der Waals surface area contributed by atoms with Gasteiger partial charge >= 0.3 is 0 Å². The van der Waals surface area contributed by atoms with Crippen molar-refractivity contribution in [2.24, 2.45) is 10.7 Å². The van der Waals surface area contributed by atoms with E-state index < -0.39 is 6.29 Å². The second kappa shape index (κ2) is 4.28. The lowest BCUT2D eigenvalue weighted by Gasteiger charge is -2.26. The highest BCUT2D eigenvalue weighted by atomic mass is 35.5. The molecular formula is C12H14ClN3. The third kappa shape index (κ3) is 1.84. The average Bonchev–Trinajstić information content (AvgIpc) is 2.27. The van der Waals surface area contributed by atoms with Gasteiger partial charge in [-0.15, -0.1) is 0 Å². The summed E-state index contributed by atoms with van der Waals surface area (Å²) in [5.74, 6) is 0. The van der Waals surface area contributed by atoms with Crippen molar-refractivity contribution in [3.63, 3.8) is 0 Å². The summed E-state index contributed by atoms with van der Waals surface area (Å²) >= 11 is 6.12. The molecule has 0 bridgehead atoms. The summed E-state index contributed by atoms with van der Waals surface area (Å²) in [6, 6.07) is 6.13. The zero-order chi connectivity index (χ0) is 11.7. The molecule has 16 heavy (non-hydrogen) atoms. The van der Waals surface area contributed by atoms with E-state index in [0.717, 1.165) is 11.3 Å². The van der Waals surface area contributed by atoms with E-state index in [1.807, 2.05) is 18.2 Å². The van der Waals surface area contributed by atoms with Crippen LogP contribution in [-0.2, 0) is 0 Å². The van der Waals surface area contributed by atoms with Gasteiger partial charge in [-0.1, -0.05) is 18.2 Å². The van der Waals surface area contributed by atoms with E-state index in [1.165, 1.54) is 15.5 Å². The molecule has 1 aliphatic heterocycles. The highest BCUT2D eigenvalue weighted by Crippen LogP contribution is 2.28. The van der Waals surface area contributed by atoms with Crippen molar-refractivity contribution in [1.29, 1.82) is 0 Å². The SMILES string of the molecule is Cc1cccc(C2=CC=NC(N)N2Cl)c1C. The zero-order valence-corrected chi connectivity index (χ0v) is 10.1. The molecule has 1 aromatic carbocycles. The molecule has 1 atom stereocenters. The van der Waals surface area contributed by atoms with Crippen molar-refractivity contribution < 1.29 is 0 Å². The molecule has 1 unspecified atom stereocenters. The van der Waals surface area contributed by atoms with Gasteiger partial charge in [-0.05, 0) is 31.1 Å². The minimum absolute atomic E-state index is 0.512. The fourth-order valence-corrected chi connectivity index (χ4v) is 1.91. The molecule has 0 fully saturated rings. The number of halogens is 1. The maximum atomic E-state index is 6.12. The molecule has 0 spiro atoms. The first-order valence-corrected chi connectivity index (χ1v) is 5.45. The Morgan fingerprint density at radius 1 is 1.38 bits per heavy atom. The fraction of sp³-hybridized carbons (Fsp3) is 0.250. The van der Waals surface area contributed by atoms with Crippen molar-refractivity contribution in [2.75, 3.05) is 0 Å². The van der Waals surface area contributed by atoms with Crippen LogP contribution in [-0.4, -0.2) is 16.9 Å². The largest absolute Gasteiger partial charge is 0.291 e. The fourth-order valence-electron chi connectivity index (χ4n) is 1.71. The molecule has 4 heteroatoms. The maximum absolute atomic E-state index is 6.12. The van der Waals surface area contributed by atoms with Crippen molar-refractivity contribution in [2.45, 2.75) is 20.1 Å². The standard InChI is InChI=1S/C12H14ClN3/c1-8-4-3-5-10(9(8)2)11-6-7-15-12(14)16(11)13/h3-7,12H,14H2,1-2H3. The third-order valence-corrected chi connectivity index (χ3v) is 3.20. The maximum Gasteiger partial charge on any atom is 0.187 e. The van der Waals surface area contributed by atoms with Gasteiger partial charge in [-0.3, -0.25) is 10.7 Å². The van der Waals surface area contributed by atoms with E-state index in [-0.39, 0.29) is 0 Å². The van der Waals surface area contributed by atoms with Gasteiger partial charge in [-0.25, -0.2) is 4.42 Å². The Morgan fingerprint density at radius 3 is 2.88 bits per heavy atom. The Morgan fingerprint density at radius 2 is 2.12 bits per heavy atom. The predicted octanol–water partition coefficient (Wildman–Crippen LogP) is 2.43. The predicted molar refractivity (Wildman–Crippen MR) is 68.1 cm³/mol. The van der Waals surface area contributed by atoms with Crippen molar-refractivity contribution >= 4 is 23.7 Å². The number of aliphatic imine (C=N–C) groups is 1. The van der Waals surface area contributed by atoms with Crippen LogP contribution >= 0.6 is 11.8 Å². The van der Waals surface area contributed by atoms with Gasteiger partial charge in [0.15, 0.2) is 6.29 Å². The Labute approximate surface area is 100 Å². The first-order valence-electron chi connectivity index (χ1n) is 5.12. The molecule has 1 aromatic rings. The van der Waals surface area contributed by atoms with Crippen LogP contribution < -0.4 is 5.73 Å². The second-order valence-electron chi connectivity index (χ2n) is 3.82. The number of nitrogens with zero attached hydrogens (tertiary/aromatic N) is 2. The summed E-state index contributed by atoms with van der Waals surface area (Å²) < 4.78 is 1.46. The third-order valence-electron chi connectivity index (χ3n) is 2.81. The van der Waals surface area contributed by atoms with Gasteiger partial charge in [0.2, 0.25) is 0 Å². The summed E-state index contributed by atoms with van der Waals surface area (Å²) in [6.07, 6.45) is 3.06. The van der Waals surface area contributed by atoms with Crippen LogP contribution in [0, 0.1) is 13.8 Å². The van der Waals surface area contributed by atoms with E-state index in [0.29, 0.717) is 0 Å². The van der Waals surface area contributed by atoms with Crippen LogP contribution in [0.25, 0.3) is 5.70 Å². The first-order chi connectivity index (χ1) is 7.61. The summed E-state index contributed by atoms with van der Waals surface area (Å²) in [4.78, 5) is 4.01. The Balaban J connectivity index is 2.48. The minimum atomic E-state index is -0.512. The van der Waals surface area contributed by atoms with E-state index in [4.69, 9.17) is 17.5 Å².